The Balaban J connectivity index is 2.36. The van der Waals surface area contributed by atoms with Crippen LogP contribution in [0.2, 0.25) is 0 Å². The van der Waals surface area contributed by atoms with E-state index in [1.807, 2.05) is 0 Å². The van der Waals surface area contributed by atoms with Crippen molar-refractivity contribution in [3.8, 4) is 0 Å². The molecule has 1 unspecified atom stereocenters. The molecule has 11 heavy (non-hydrogen) atoms. The highest BCUT2D eigenvalue weighted by Gasteiger charge is 2.27. The smallest absolute Gasteiger partial charge is 0.303 e. The van der Waals surface area contributed by atoms with Crippen LogP contribution in [-0.2, 0) is 10.2 Å². The molecule has 0 bridgehead atoms. The van der Waals surface area contributed by atoms with Crippen molar-refractivity contribution in [1.29, 1.82) is 0 Å². The van der Waals surface area contributed by atoms with E-state index in [2.05, 4.69) is 0 Å². The Bertz CT molecular complexity index is 223. The SMILES string of the molecule is NC(CS(=O)(=O)F)C1CCC1. The van der Waals surface area contributed by atoms with E-state index in [4.69, 9.17) is 5.73 Å². The number of rotatable bonds is 3. The molecule has 0 aromatic carbocycles. The predicted octanol–water partition coefficient (Wildman–Crippen LogP) is 0.413. The molecule has 5 heteroatoms. The van der Waals surface area contributed by atoms with Gasteiger partial charge in [0.1, 0.15) is 0 Å². The number of nitrogens with two attached hydrogens (primary N) is 1. The molecule has 0 aromatic heterocycles. The zero-order valence-corrected chi connectivity index (χ0v) is 6.98. The fourth-order valence-corrected chi connectivity index (χ4v) is 1.97. The van der Waals surface area contributed by atoms with Crippen molar-refractivity contribution in [2.45, 2.75) is 25.3 Å². The Hall–Kier alpha value is -0.160. The van der Waals surface area contributed by atoms with Gasteiger partial charge in [-0.1, -0.05) is 6.42 Å². The molecule has 66 valence electrons. The topological polar surface area (TPSA) is 60.2 Å². The molecule has 1 aliphatic rings. The van der Waals surface area contributed by atoms with Gasteiger partial charge in [-0.25, -0.2) is 0 Å². The molecule has 1 aliphatic carbocycles. The van der Waals surface area contributed by atoms with Crippen LogP contribution in [0.3, 0.4) is 0 Å². The van der Waals surface area contributed by atoms with Crippen LogP contribution in [-0.4, -0.2) is 20.2 Å². The minimum atomic E-state index is -4.37. The average Bonchev–Trinajstić information content (AvgIpc) is 1.50. The lowest BCUT2D eigenvalue weighted by Gasteiger charge is -2.30. The molecule has 2 N–H and O–H groups in total. The summed E-state index contributed by atoms with van der Waals surface area (Å²) in [6, 6.07) is -0.501. The van der Waals surface area contributed by atoms with E-state index in [0.717, 1.165) is 19.3 Å². The van der Waals surface area contributed by atoms with Crippen LogP contribution in [0.1, 0.15) is 19.3 Å². The van der Waals surface area contributed by atoms with Gasteiger partial charge in [0.15, 0.2) is 0 Å². The van der Waals surface area contributed by atoms with Gasteiger partial charge in [-0.15, -0.1) is 3.89 Å². The molecule has 0 amide bonds. The van der Waals surface area contributed by atoms with Gasteiger partial charge >= 0.3 is 10.2 Å². The van der Waals surface area contributed by atoms with E-state index in [1.54, 1.807) is 0 Å². The molecule has 1 fully saturated rings. The van der Waals surface area contributed by atoms with Crippen molar-refractivity contribution in [3.05, 3.63) is 0 Å². The maximum Gasteiger partial charge on any atom is 0.303 e. The summed E-state index contributed by atoms with van der Waals surface area (Å²) < 4.78 is 32.3. The summed E-state index contributed by atoms with van der Waals surface area (Å²) >= 11 is 0. The highest BCUT2D eigenvalue weighted by molar-refractivity contribution is 7.86. The molecule has 1 atom stereocenters. The second kappa shape index (κ2) is 3.06. The van der Waals surface area contributed by atoms with E-state index < -0.39 is 22.0 Å². The molecule has 0 aliphatic heterocycles. The van der Waals surface area contributed by atoms with Crippen LogP contribution in [0.15, 0.2) is 0 Å². The van der Waals surface area contributed by atoms with Gasteiger partial charge in [0, 0.05) is 6.04 Å². The summed E-state index contributed by atoms with van der Waals surface area (Å²) in [5.74, 6) is -0.293. The van der Waals surface area contributed by atoms with Crippen LogP contribution in [0.25, 0.3) is 0 Å². The summed E-state index contributed by atoms with van der Waals surface area (Å²) in [7, 11) is -4.37. The molecule has 0 aromatic rings. The van der Waals surface area contributed by atoms with E-state index in [9.17, 15) is 12.3 Å². The molecule has 3 nitrogen and oxygen atoms in total. The second-order valence-corrected chi connectivity index (χ2v) is 4.47. The zero-order valence-electron chi connectivity index (χ0n) is 6.16. The largest absolute Gasteiger partial charge is 0.326 e. The van der Waals surface area contributed by atoms with Gasteiger partial charge < -0.3 is 5.73 Å². The fourth-order valence-electron chi connectivity index (χ4n) is 1.23. The van der Waals surface area contributed by atoms with Crippen LogP contribution in [0, 0.1) is 5.92 Å². The monoisotopic (exact) mass is 181 g/mol. The molecule has 0 spiro atoms. The minimum absolute atomic E-state index is 0.223. The van der Waals surface area contributed by atoms with Gasteiger partial charge in [0.2, 0.25) is 0 Å². The average molecular weight is 181 g/mol. The minimum Gasteiger partial charge on any atom is -0.326 e. The van der Waals surface area contributed by atoms with Crippen molar-refractivity contribution in [3.63, 3.8) is 0 Å². The van der Waals surface area contributed by atoms with Crippen LogP contribution >= 0.6 is 0 Å². The van der Waals surface area contributed by atoms with Gasteiger partial charge in [-0.2, -0.15) is 8.42 Å². The highest BCUT2D eigenvalue weighted by Crippen LogP contribution is 2.29. The molecule has 1 rings (SSSR count). The fraction of sp³-hybridized carbons (Fsp3) is 1.00. The first-order valence-corrected chi connectivity index (χ1v) is 5.22. The number of hydrogen-bond acceptors (Lipinski definition) is 3. The predicted molar refractivity (Wildman–Crippen MR) is 40.2 cm³/mol. The molecular weight excluding hydrogens is 169 g/mol. The normalized spacial score (nSPS) is 22.7. The maximum atomic E-state index is 12.1. The highest BCUT2D eigenvalue weighted by atomic mass is 32.3. The molecular formula is C6H12FNO2S. The van der Waals surface area contributed by atoms with E-state index in [1.165, 1.54) is 0 Å². The molecule has 0 heterocycles. The molecule has 0 radical (unpaired) electrons. The molecule has 0 saturated heterocycles. The van der Waals surface area contributed by atoms with E-state index >= 15 is 0 Å². The molecule has 1 saturated carbocycles. The van der Waals surface area contributed by atoms with E-state index in [0.29, 0.717) is 0 Å². The summed E-state index contributed by atoms with van der Waals surface area (Å²) in [4.78, 5) is 0. The van der Waals surface area contributed by atoms with Gasteiger partial charge in [-0.05, 0) is 18.8 Å². The third kappa shape index (κ3) is 2.75. The first-order chi connectivity index (χ1) is 4.99. The maximum absolute atomic E-state index is 12.1. The first-order valence-electron chi connectivity index (χ1n) is 3.67. The van der Waals surface area contributed by atoms with Crippen LogP contribution < -0.4 is 5.73 Å². The Morgan fingerprint density at radius 1 is 1.55 bits per heavy atom. The van der Waals surface area contributed by atoms with Crippen molar-refractivity contribution in [2.75, 3.05) is 5.75 Å². The summed E-state index contributed by atoms with van der Waals surface area (Å²) in [6.07, 6.45) is 2.97. The quantitative estimate of drug-likeness (QED) is 0.642. The van der Waals surface area contributed by atoms with Crippen molar-refractivity contribution >= 4 is 10.2 Å². The van der Waals surface area contributed by atoms with E-state index in [-0.39, 0.29) is 5.92 Å². The van der Waals surface area contributed by atoms with Gasteiger partial charge in [0.05, 0.1) is 5.75 Å². The summed E-state index contributed by atoms with van der Waals surface area (Å²) in [6.45, 7) is 0. The van der Waals surface area contributed by atoms with Crippen molar-refractivity contribution < 1.29 is 12.3 Å². The number of halogens is 1. The van der Waals surface area contributed by atoms with Gasteiger partial charge in [-0.3, -0.25) is 0 Å². The first kappa shape index (κ1) is 8.93. The number of hydrogen-bond donors (Lipinski definition) is 1. The van der Waals surface area contributed by atoms with Crippen molar-refractivity contribution in [2.24, 2.45) is 11.7 Å². The lowest BCUT2D eigenvalue weighted by molar-refractivity contribution is 0.273. The lowest BCUT2D eigenvalue weighted by atomic mass is 9.81. The Labute approximate surface area is 66.0 Å². The van der Waals surface area contributed by atoms with Crippen LogP contribution in [0.4, 0.5) is 3.89 Å². The third-order valence-electron chi connectivity index (χ3n) is 2.15. The van der Waals surface area contributed by atoms with Gasteiger partial charge in [0.25, 0.3) is 0 Å². The Kier molecular flexibility index (Phi) is 2.49. The zero-order chi connectivity index (χ0) is 8.48. The van der Waals surface area contributed by atoms with Crippen molar-refractivity contribution in [1.82, 2.24) is 0 Å². The lowest BCUT2D eigenvalue weighted by Crippen LogP contribution is -2.39. The summed E-state index contributed by atoms with van der Waals surface area (Å²) in [5, 5.41) is 0. The standard InChI is InChI=1S/C6H12FNO2S/c7-11(9,10)4-6(8)5-2-1-3-5/h5-6H,1-4,8H2. The Morgan fingerprint density at radius 3 is 2.36 bits per heavy atom. The second-order valence-electron chi connectivity index (χ2n) is 3.06. The third-order valence-corrected chi connectivity index (χ3v) is 2.93. The summed E-state index contributed by atoms with van der Waals surface area (Å²) in [5.41, 5.74) is 5.45. The Morgan fingerprint density at radius 2 is 2.09 bits per heavy atom. The van der Waals surface area contributed by atoms with Crippen LogP contribution in [0.5, 0.6) is 0 Å².